The van der Waals surface area contributed by atoms with Crippen LogP contribution in [0.3, 0.4) is 0 Å². The first kappa shape index (κ1) is 34.2. The van der Waals surface area contributed by atoms with Gasteiger partial charge in [0.25, 0.3) is 0 Å². The number of nitrogens with one attached hydrogen (secondary N) is 1. The highest BCUT2D eigenvalue weighted by Crippen LogP contribution is 2.78. The van der Waals surface area contributed by atoms with Gasteiger partial charge in [-0.15, -0.1) is 0 Å². The second-order valence-corrected chi connectivity index (χ2v) is 16.2. The molecule has 11 atom stereocenters. The summed E-state index contributed by atoms with van der Waals surface area (Å²) in [6.45, 7) is 7.56. The summed E-state index contributed by atoms with van der Waals surface area (Å²) in [4.78, 5) is 26.3. The summed E-state index contributed by atoms with van der Waals surface area (Å²) in [5.41, 5.74) is -7.00. The van der Waals surface area contributed by atoms with Gasteiger partial charge in [0.2, 0.25) is 0 Å². The molecular formula is C36H55NO9. The van der Waals surface area contributed by atoms with Crippen molar-refractivity contribution in [2.75, 3.05) is 33.4 Å². The van der Waals surface area contributed by atoms with E-state index in [9.17, 15) is 35.1 Å². The molecule has 0 saturated heterocycles. The lowest BCUT2D eigenvalue weighted by Gasteiger charge is -2.71. The van der Waals surface area contributed by atoms with Gasteiger partial charge in [0.1, 0.15) is 18.0 Å². The maximum absolute atomic E-state index is 13.4. The van der Waals surface area contributed by atoms with E-state index >= 15 is 0 Å². The first-order valence-electron chi connectivity index (χ1n) is 17.5. The van der Waals surface area contributed by atoms with Crippen LogP contribution in [0.1, 0.15) is 85.0 Å². The van der Waals surface area contributed by atoms with Gasteiger partial charge in [-0.1, -0.05) is 33.3 Å². The summed E-state index contributed by atoms with van der Waals surface area (Å²) in [6.07, 6.45) is 6.63. The van der Waals surface area contributed by atoms with Gasteiger partial charge in [-0.05, 0) is 86.8 Å². The van der Waals surface area contributed by atoms with E-state index in [1.807, 2.05) is 13.0 Å². The molecule has 0 aromatic heterocycles. The molecule has 4 saturated carbocycles. The van der Waals surface area contributed by atoms with E-state index in [1.54, 1.807) is 7.11 Å². The van der Waals surface area contributed by atoms with Crippen molar-refractivity contribution >= 4 is 12.3 Å². The van der Waals surface area contributed by atoms with Crippen LogP contribution in [0.4, 0.5) is 0 Å². The molecule has 6 N–H and O–H groups in total. The second kappa shape index (κ2) is 11.7. The number of carbonyl (C=O) groups is 2. The second-order valence-electron chi connectivity index (χ2n) is 16.2. The number of aliphatic hydroxyl groups is 5. The van der Waals surface area contributed by atoms with Crippen LogP contribution >= 0.6 is 0 Å². The van der Waals surface area contributed by atoms with Crippen molar-refractivity contribution in [3.63, 3.8) is 0 Å². The molecule has 6 rings (SSSR count). The molecule has 0 aromatic carbocycles. The van der Waals surface area contributed by atoms with Gasteiger partial charge in [-0.2, -0.15) is 0 Å². The van der Waals surface area contributed by atoms with Gasteiger partial charge in [0.05, 0.1) is 29.3 Å². The Bertz CT molecular complexity index is 1280. The van der Waals surface area contributed by atoms with Gasteiger partial charge in [-0.25, -0.2) is 4.79 Å². The van der Waals surface area contributed by atoms with Crippen molar-refractivity contribution in [2.24, 2.45) is 39.9 Å². The third-order valence-electron chi connectivity index (χ3n) is 14.0. The van der Waals surface area contributed by atoms with Crippen LogP contribution in [0.5, 0.6) is 0 Å². The molecule has 1 heterocycles. The van der Waals surface area contributed by atoms with Crippen molar-refractivity contribution in [3.8, 4) is 0 Å². The number of aliphatic hydroxyl groups excluding tert-OH is 2. The lowest BCUT2D eigenvalue weighted by Crippen LogP contribution is -2.79. The first-order valence-corrected chi connectivity index (χ1v) is 17.5. The first-order chi connectivity index (χ1) is 21.7. The van der Waals surface area contributed by atoms with Crippen molar-refractivity contribution in [1.29, 1.82) is 0 Å². The normalized spacial score (nSPS) is 47.6. The minimum Gasteiger partial charge on any atom is -0.450 e. The lowest BCUT2D eigenvalue weighted by atomic mass is 9.36. The van der Waals surface area contributed by atoms with Crippen molar-refractivity contribution in [1.82, 2.24) is 5.32 Å². The summed E-state index contributed by atoms with van der Waals surface area (Å²) < 4.78 is 11.0. The zero-order chi connectivity index (χ0) is 33.3. The average molecular weight is 646 g/mol. The molecule has 10 nitrogen and oxygen atoms in total. The molecule has 0 unspecified atom stereocenters. The topological polar surface area (TPSA) is 166 Å². The number of esters is 1. The number of methoxy groups -OCH3 is 1. The average Bonchev–Trinajstić information content (AvgIpc) is 3.49. The monoisotopic (exact) mass is 645 g/mol. The van der Waals surface area contributed by atoms with Crippen molar-refractivity contribution in [2.45, 2.75) is 114 Å². The number of aldehydes is 1. The molecule has 1 aliphatic heterocycles. The number of carbonyl (C=O) groups excluding carboxylic acids is 2. The molecule has 4 fully saturated rings. The fourth-order valence-electron chi connectivity index (χ4n) is 11.7. The molecular weight excluding hydrogens is 590 g/mol. The molecule has 0 amide bonds. The van der Waals surface area contributed by atoms with E-state index in [1.165, 1.54) is 6.08 Å². The van der Waals surface area contributed by atoms with Crippen LogP contribution < -0.4 is 5.32 Å². The van der Waals surface area contributed by atoms with Crippen molar-refractivity contribution < 1.29 is 44.6 Å². The molecule has 258 valence electrons. The maximum atomic E-state index is 13.4. The quantitative estimate of drug-likeness (QED) is 0.0849. The Hall–Kier alpha value is -1.66. The van der Waals surface area contributed by atoms with E-state index in [4.69, 9.17) is 9.47 Å². The molecule has 10 heteroatoms. The Morgan fingerprint density at radius 1 is 1.13 bits per heavy atom. The minimum absolute atomic E-state index is 0.0669. The molecule has 0 aromatic rings. The van der Waals surface area contributed by atoms with Crippen molar-refractivity contribution in [3.05, 3.63) is 23.3 Å². The predicted octanol–water partition coefficient (Wildman–Crippen LogP) is 2.20. The Kier molecular flexibility index (Phi) is 8.73. The molecule has 6 aliphatic rings. The third kappa shape index (κ3) is 4.33. The fraction of sp³-hybridized carbons (Fsp3) is 0.833. The summed E-state index contributed by atoms with van der Waals surface area (Å²) in [7, 11) is 1.66. The van der Waals surface area contributed by atoms with Gasteiger partial charge in [0, 0.05) is 49.5 Å². The van der Waals surface area contributed by atoms with Gasteiger partial charge in [-0.3, -0.25) is 0 Å². The largest absolute Gasteiger partial charge is 0.450 e. The fourth-order valence-corrected chi connectivity index (χ4v) is 11.7. The minimum atomic E-state index is -1.76. The highest BCUT2D eigenvalue weighted by molar-refractivity contribution is 5.87. The number of fused-ring (bicyclic) bond motifs is 9. The van der Waals surface area contributed by atoms with E-state index < -0.39 is 69.0 Å². The van der Waals surface area contributed by atoms with Gasteiger partial charge >= 0.3 is 5.97 Å². The van der Waals surface area contributed by atoms with Crippen LogP contribution in [0.25, 0.3) is 0 Å². The zero-order valence-electron chi connectivity index (χ0n) is 28.0. The molecule has 0 radical (unpaired) electrons. The Morgan fingerprint density at radius 2 is 1.89 bits per heavy atom. The Morgan fingerprint density at radius 3 is 2.57 bits per heavy atom. The van der Waals surface area contributed by atoms with E-state index in [2.05, 4.69) is 19.2 Å². The molecule has 0 bridgehead atoms. The maximum Gasteiger partial charge on any atom is 0.331 e. The lowest BCUT2D eigenvalue weighted by molar-refractivity contribution is -0.336. The highest BCUT2D eigenvalue weighted by Gasteiger charge is 2.83. The summed E-state index contributed by atoms with van der Waals surface area (Å²) >= 11 is 0. The van der Waals surface area contributed by atoms with E-state index in [0.29, 0.717) is 56.9 Å². The Balaban J connectivity index is 1.46. The van der Waals surface area contributed by atoms with Crippen LogP contribution in [0.15, 0.2) is 23.3 Å². The number of hydrogen-bond acceptors (Lipinski definition) is 10. The Labute approximate surface area is 272 Å². The smallest absolute Gasteiger partial charge is 0.331 e. The van der Waals surface area contributed by atoms with Crippen LogP contribution in [0.2, 0.25) is 0 Å². The number of ether oxygens (including phenoxy) is 2. The molecule has 0 spiro atoms. The van der Waals surface area contributed by atoms with E-state index in [0.717, 1.165) is 24.7 Å². The predicted molar refractivity (Wildman–Crippen MR) is 169 cm³/mol. The number of allylic oxidation sites excluding steroid dienone is 1. The van der Waals surface area contributed by atoms with Crippen LogP contribution in [0, 0.1) is 39.9 Å². The number of hydrogen-bond donors (Lipinski definition) is 6. The van der Waals surface area contributed by atoms with Gasteiger partial charge in [0.15, 0.2) is 0 Å². The SMILES string of the molecule is COCCCNCC1=C[C@H]2C[C@@]3(O)[C@](C)(CC[C@H]4[C@@]3(O)C[C@@H](CCC(C)C)[C@]3(O)C[C@@H](O)CC[C@]43C=O)[C@@]2(CO)C2=CC(=O)O[C@@H]12. The number of rotatable bonds is 11. The summed E-state index contributed by atoms with van der Waals surface area (Å²) in [5.74, 6) is -1.84. The third-order valence-corrected chi connectivity index (χ3v) is 14.0. The zero-order valence-corrected chi connectivity index (χ0v) is 28.0. The summed E-state index contributed by atoms with van der Waals surface area (Å²) in [6, 6.07) is 0. The van der Waals surface area contributed by atoms with Crippen LogP contribution in [-0.2, 0) is 19.1 Å². The molecule has 5 aliphatic carbocycles. The van der Waals surface area contributed by atoms with Gasteiger partial charge < -0.3 is 45.1 Å². The standard InChI is InChI=1S/C36H55NO9/c1-22(2)6-7-24-16-35(43)28(32(20-38)11-8-26(40)18-34(24,32)42)9-10-31(3)33(21-39)25(17-36(31,35)44)14-23(19-37-12-5-13-45-4)30-27(33)15-29(41)46-30/h14-15,20,22,24-26,28,30,37,39-40,42-44H,5-13,16-19,21H2,1-4H3/t24-,25+,26+,28-,30+,31-,32+,33-,34-,35+,36-/m1/s1. The van der Waals surface area contributed by atoms with Crippen LogP contribution in [-0.4, -0.2) is 100 Å². The molecule has 46 heavy (non-hydrogen) atoms. The summed E-state index contributed by atoms with van der Waals surface area (Å²) in [5, 5.41) is 64.7. The van der Waals surface area contributed by atoms with E-state index in [-0.39, 0.29) is 32.3 Å². The highest BCUT2D eigenvalue weighted by atomic mass is 16.5.